The van der Waals surface area contributed by atoms with Gasteiger partial charge in [-0.15, -0.1) is 11.3 Å². The zero-order chi connectivity index (χ0) is 16.5. The van der Waals surface area contributed by atoms with Crippen molar-refractivity contribution in [3.63, 3.8) is 0 Å². The zero-order valence-electron chi connectivity index (χ0n) is 12.8. The maximum atomic E-state index is 13.0. The van der Waals surface area contributed by atoms with Gasteiger partial charge in [0.25, 0.3) is 0 Å². The average molecular weight is 335 g/mol. The van der Waals surface area contributed by atoms with Crippen LogP contribution in [0.1, 0.15) is 28.0 Å². The maximum absolute atomic E-state index is 13.0. The Morgan fingerprint density at radius 2 is 1.83 bits per heavy atom. The molecule has 2 aromatic carbocycles. The second kappa shape index (κ2) is 6.13. The Hall–Kier alpha value is -2.59. The monoisotopic (exact) mass is 335 g/mol. The minimum absolute atomic E-state index is 0.0909. The summed E-state index contributed by atoms with van der Waals surface area (Å²) in [5, 5.41) is 2.75. The van der Waals surface area contributed by atoms with Gasteiger partial charge in [0.15, 0.2) is 5.78 Å². The number of rotatable bonds is 2. The molecule has 2 nitrogen and oxygen atoms in total. The van der Waals surface area contributed by atoms with Gasteiger partial charge in [-0.25, -0.2) is 9.37 Å². The standard InChI is InChI=1S/C20H14FNOS/c21-16-9-7-14(8-10-16)20-22-17(12-24-20)11-15-6-5-13-3-1-2-4-18(13)19(15)23/h1-4,7-12H,5-6H2/b15-11+. The number of hydrogen-bond donors (Lipinski definition) is 0. The normalized spacial score (nSPS) is 15.5. The number of aromatic nitrogens is 1. The molecule has 0 spiro atoms. The summed E-state index contributed by atoms with van der Waals surface area (Å²) < 4.78 is 13.0. The molecule has 0 fully saturated rings. The number of allylic oxidation sites excluding steroid dienone is 1. The van der Waals surface area contributed by atoms with Crippen molar-refractivity contribution < 1.29 is 9.18 Å². The van der Waals surface area contributed by atoms with Gasteiger partial charge in [0, 0.05) is 22.1 Å². The molecule has 3 aromatic rings. The minimum Gasteiger partial charge on any atom is -0.289 e. The summed E-state index contributed by atoms with van der Waals surface area (Å²) in [6.07, 6.45) is 3.49. The fourth-order valence-corrected chi connectivity index (χ4v) is 3.69. The highest BCUT2D eigenvalue weighted by atomic mass is 32.1. The van der Waals surface area contributed by atoms with Crippen LogP contribution in [0.5, 0.6) is 0 Å². The topological polar surface area (TPSA) is 30.0 Å². The molecule has 0 amide bonds. The number of thiazole rings is 1. The van der Waals surface area contributed by atoms with Crippen molar-refractivity contribution in [1.82, 2.24) is 4.98 Å². The maximum Gasteiger partial charge on any atom is 0.189 e. The van der Waals surface area contributed by atoms with E-state index in [1.54, 1.807) is 12.1 Å². The first-order valence-electron chi connectivity index (χ1n) is 7.75. The van der Waals surface area contributed by atoms with Crippen molar-refractivity contribution in [2.45, 2.75) is 12.8 Å². The molecule has 4 heteroatoms. The number of Topliss-reactive ketones (excluding diaryl/α,β-unsaturated/α-hetero) is 1. The van der Waals surface area contributed by atoms with Gasteiger partial charge in [-0.2, -0.15) is 0 Å². The predicted octanol–water partition coefficient (Wildman–Crippen LogP) is 5.16. The third kappa shape index (κ3) is 2.81. The first-order valence-corrected chi connectivity index (χ1v) is 8.63. The summed E-state index contributed by atoms with van der Waals surface area (Å²) in [7, 11) is 0. The Kier molecular flexibility index (Phi) is 3.82. The molecule has 1 heterocycles. The van der Waals surface area contributed by atoms with E-state index in [1.165, 1.54) is 23.5 Å². The predicted molar refractivity (Wildman–Crippen MR) is 94.6 cm³/mol. The number of benzene rings is 2. The SMILES string of the molecule is O=C1/C(=C/c2csc(-c3ccc(F)cc3)n2)CCc2ccccc21. The fourth-order valence-electron chi connectivity index (χ4n) is 2.91. The van der Waals surface area contributed by atoms with E-state index in [0.29, 0.717) is 0 Å². The molecule has 0 bridgehead atoms. The summed E-state index contributed by atoms with van der Waals surface area (Å²) in [4.78, 5) is 17.2. The molecule has 1 aliphatic carbocycles. The number of aryl methyl sites for hydroxylation is 1. The highest BCUT2D eigenvalue weighted by Crippen LogP contribution is 2.29. The van der Waals surface area contributed by atoms with E-state index in [2.05, 4.69) is 4.98 Å². The fraction of sp³-hybridized carbons (Fsp3) is 0.100. The zero-order valence-corrected chi connectivity index (χ0v) is 13.6. The number of ketones is 1. The lowest BCUT2D eigenvalue weighted by molar-refractivity contribution is 0.102. The van der Waals surface area contributed by atoms with E-state index >= 15 is 0 Å². The molecule has 24 heavy (non-hydrogen) atoms. The van der Waals surface area contributed by atoms with Gasteiger partial charge in [0.1, 0.15) is 10.8 Å². The second-order valence-corrected chi connectivity index (χ2v) is 6.60. The molecule has 0 saturated heterocycles. The van der Waals surface area contributed by atoms with Crippen LogP contribution in [0.4, 0.5) is 4.39 Å². The second-order valence-electron chi connectivity index (χ2n) is 5.74. The van der Waals surface area contributed by atoms with E-state index in [4.69, 9.17) is 0 Å². The third-order valence-corrected chi connectivity index (χ3v) is 5.06. The molecule has 4 rings (SSSR count). The van der Waals surface area contributed by atoms with Gasteiger partial charge in [-0.3, -0.25) is 4.79 Å². The summed E-state index contributed by atoms with van der Waals surface area (Å²) in [5.74, 6) is -0.169. The van der Waals surface area contributed by atoms with E-state index in [1.807, 2.05) is 35.7 Å². The molecule has 1 aromatic heterocycles. The van der Waals surface area contributed by atoms with Crippen molar-refractivity contribution in [3.05, 3.63) is 82.1 Å². The molecule has 0 radical (unpaired) electrons. The van der Waals surface area contributed by atoms with Crippen molar-refractivity contribution >= 4 is 23.2 Å². The van der Waals surface area contributed by atoms with Gasteiger partial charge in [0.05, 0.1) is 5.69 Å². The molecule has 0 saturated carbocycles. The number of nitrogens with zero attached hydrogens (tertiary/aromatic N) is 1. The Bertz CT molecular complexity index is 940. The molecular formula is C20H14FNOS. The summed E-state index contributed by atoms with van der Waals surface area (Å²) in [5.41, 5.74) is 4.37. The van der Waals surface area contributed by atoms with Crippen molar-refractivity contribution in [1.29, 1.82) is 0 Å². The quantitative estimate of drug-likeness (QED) is 0.605. The first kappa shape index (κ1) is 15.0. The Balaban J connectivity index is 1.63. The molecule has 0 atom stereocenters. The van der Waals surface area contributed by atoms with Gasteiger partial charge in [-0.05, 0) is 48.7 Å². The van der Waals surface area contributed by atoms with E-state index < -0.39 is 0 Å². The highest BCUT2D eigenvalue weighted by Gasteiger charge is 2.21. The first-order chi connectivity index (χ1) is 11.7. The van der Waals surface area contributed by atoms with Crippen LogP contribution in [0.15, 0.2) is 59.5 Å². The molecular weight excluding hydrogens is 321 g/mol. The number of fused-ring (bicyclic) bond motifs is 1. The number of hydrogen-bond acceptors (Lipinski definition) is 3. The van der Waals surface area contributed by atoms with Crippen LogP contribution >= 0.6 is 11.3 Å². The Morgan fingerprint density at radius 1 is 1.04 bits per heavy atom. The van der Waals surface area contributed by atoms with Crippen molar-refractivity contribution in [2.75, 3.05) is 0 Å². The van der Waals surface area contributed by atoms with Crippen LogP contribution < -0.4 is 0 Å². The van der Waals surface area contributed by atoms with Crippen LogP contribution in [0.2, 0.25) is 0 Å². The highest BCUT2D eigenvalue weighted by molar-refractivity contribution is 7.13. The van der Waals surface area contributed by atoms with Gasteiger partial charge in [0.2, 0.25) is 0 Å². The van der Waals surface area contributed by atoms with Crippen LogP contribution in [0, 0.1) is 5.82 Å². The average Bonchev–Trinajstić information content (AvgIpc) is 3.07. The van der Waals surface area contributed by atoms with Crippen LogP contribution in [-0.2, 0) is 6.42 Å². The lowest BCUT2D eigenvalue weighted by atomic mass is 9.86. The van der Waals surface area contributed by atoms with E-state index in [-0.39, 0.29) is 11.6 Å². The van der Waals surface area contributed by atoms with Crippen molar-refractivity contribution in [2.24, 2.45) is 0 Å². The van der Waals surface area contributed by atoms with Gasteiger partial charge in [-0.1, -0.05) is 24.3 Å². The number of carbonyl (C=O) groups is 1. The Morgan fingerprint density at radius 3 is 2.67 bits per heavy atom. The molecule has 0 N–H and O–H groups in total. The lowest BCUT2D eigenvalue weighted by Crippen LogP contribution is -2.13. The molecule has 118 valence electrons. The summed E-state index contributed by atoms with van der Waals surface area (Å²) in [6.45, 7) is 0. The molecule has 0 aliphatic heterocycles. The third-order valence-electron chi connectivity index (χ3n) is 4.15. The summed E-state index contributed by atoms with van der Waals surface area (Å²) in [6, 6.07) is 14.0. The smallest absolute Gasteiger partial charge is 0.189 e. The van der Waals surface area contributed by atoms with Crippen molar-refractivity contribution in [3.8, 4) is 10.6 Å². The van der Waals surface area contributed by atoms with Crippen LogP contribution in [-0.4, -0.2) is 10.8 Å². The Labute approximate surface area is 143 Å². The largest absolute Gasteiger partial charge is 0.289 e. The number of halogens is 1. The van der Waals surface area contributed by atoms with Gasteiger partial charge < -0.3 is 0 Å². The minimum atomic E-state index is -0.260. The number of carbonyl (C=O) groups excluding carboxylic acids is 1. The van der Waals surface area contributed by atoms with Crippen LogP contribution in [0.3, 0.4) is 0 Å². The van der Waals surface area contributed by atoms with E-state index in [0.717, 1.165) is 45.8 Å². The summed E-state index contributed by atoms with van der Waals surface area (Å²) >= 11 is 1.49. The molecule has 1 aliphatic rings. The molecule has 0 unspecified atom stereocenters. The van der Waals surface area contributed by atoms with Gasteiger partial charge >= 0.3 is 0 Å². The van der Waals surface area contributed by atoms with E-state index in [9.17, 15) is 9.18 Å². The lowest BCUT2D eigenvalue weighted by Gasteiger charge is -2.16. The van der Waals surface area contributed by atoms with Crippen LogP contribution in [0.25, 0.3) is 16.6 Å².